The summed E-state index contributed by atoms with van der Waals surface area (Å²) in [5.74, 6) is -0.489. The lowest BCUT2D eigenvalue weighted by Gasteiger charge is -2.18. The van der Waals surface area contributed by atoms with E-state index in [0.717, 1.165) is 27.6 Å². The topological polar surface area (TPSA) is 38.3 Å². The first kappa shape index (κ1) is 17.6. The third kappa shape index (κ3) is 3.06. The van der Waals surface area contributed by atoms with E-state index >= 15 is 0 Å². The van der Waals surface area contributed by atoms with Crippen LogP contribution in [0.1, 0.15) is 33.6 Å². The highest BCUT2D eigenvalue weighted by Crippen LogP contribution is 2.46. The zero-order valence-corrected chi connectivity index (χ0v) is 16.5. The molecule has 2 aromatic carbocycles. The summed E-state index contributed by atoms with van der Waals surface area (Å²) in [5.41, 5.74) is 1.39. The average Bonchev–Trinajstić information content (AvgIpc) is 3.30. The Morgan fingerprint density at radius 2 is 2.00 bits per heavy atom. The van der Waals surface area contributed by atoms with E-state index in [4.69, 9.17) is 4.74 Å². The van der Waals surface area contributed by atoms with Gasteiger partial charge in [0.25, 0.3) is 5.91 Å². The molecule has 1 aromatic heterocycles. The molecule has 3 nitrogen and oxygen atoms in total. The molecule has 1 N–H and O–H groups in total. The van der Waals surface area contributed by atoms with Crippen molar-refractivity contribution >= 4 is 43.3 Å². The second-order valence-electron chi connectivity index (χ2n) is 6.50. The Bertz CT molecular complexity index is 979. The zero-order valence-electron chi connectivity index (χ0n) is 14.1. The number of halogens is 2. The summed E-state index contributed by atoms with van der Waals surface area (Å²) >= 11 is 4.75. The molecule has 0 saturated heterocycles. The van der Waals surface area contributed by atoms with Gasteiger partial charge in [0.15, 0.2) is 0 Å². The highest BCUT2D eigenvalue weighted by Gasteiger charge is 2.46. The van der Waals surface area contributed by atoms with E-state index in [2.05, 4.69) is 21.2 Å². The van der Waals surface area contributed by atoms with Crippen molar-refractivity contribution in [3.63, 3.8) is 0 Å². The second-order valence-corrected chi connectivity index (χ2v) is 8.47. The van der Waals surface area contributed by atoms with Gasteiger partial charge in [-0.25, -0.2) is 4.39 Å². The number of amides is 1. The summed E-state index contributed by atoms with van der Waals surface area (Å²) in [5, 5.41) is 3.66. The van der Waals surface area contributed by atoms with Gasteiger partial charge >= 0.3 is 0 Å². The molecule has 1 aliphatic rings. The molecule has 1 aliphatic carbocycles. The Hall–Kier alpha value is -1.76. The average molecular weight is 434 g/mol. The fourth-order valence-corrected chi connectivity index (χ4v) is 4.67. The molecule has 3 aromatic rings. The summed E-state index contributed by atoms with van der Waals surface area (Å²) in [4.78, 5) is 13.6. The van der Waals surface area contributed by atoms with E-state index in [1.165, 1.54) is 17.4 Å². The first-order valence-electron chi connectivity index (χ1n) is 8.31. The third-order valence-electron chi connectivity index (χ3n) is 4.76. The first-order chi connectivity index (χ1) is 12.5. The summed E-state index contributed by atoms with van der Waals surface area (Å²) < 4.78 is 21.3. The number of benzene rings is 2. The maximum Gasteiger partial charge on any atom is 0.262 e. The Balaban J connectivity index is 1.69. The van der Waals surface area contributed by atoms with Crippen LogP contribution >= 0.6 is 27.3 Å². The smallest absolute Gasteiger partial charge is 0.262 e. The van der Waals surface area contributed by atoms with Gasteiger partial charge in [-0.05, 0) is 42.7 Å². The number of fused-ring (bicyclic) bond motifs is 1. The number of nitrogens with one attached hydrogen (secondary N) is 1. The molecule has 0 aliphatic heterocycles. The number of rotatable bonds is 5. The van der Waals surface area contributed by atoms with Gasteiger partial charge in [-0.3, -0.25) is 4.79 Å². The predicted molar refractivity (Wildman–Crippen MR) is 105 cm³/mol. The van der Waals surface area contributed by atoms with Gasteiger partial charge in [-0.1, -0.05) is 34.1 Å². The quantitative estimate of drug-likeness (QED) is 0.587. The molecule has 4 rings (SSSR count). The van der Waals surface area contributed by atoms with Crippen LogP contribution in [0.4, 0.5) is 4.39 Å². The van der Waals surface area contributed by atoms with Crippen LogP contribution in [0.25, 0.3) is 10.1 Å². The number of ether oxygens (including phenoxy) is 1. The minimum atomic E-state index is -0.323. The van der Waals surface area contributed by atoms with E-state index in [-0.39, 0.29) is 23.9 Å². The molecular formula is C20H17BrFNO2S. The van der Waals surface area contributed by atoms with Crippen LogP contribution in [0.5, 0.6) is 0 Å². The van der Waals surface area contributed by atoms with Crippen LogP contribution in [0.2, 0.25) is 0 Å². The molecular weight excluding hydrogens is 417 g/mol. The van der Waals surface area contributed by atoms with Gasteiger partial charge in [0, 0.05) is 27.2 Å². The van der Waals surface area contributed by atoms with Crippen molar-refractivity contribution in [2.24, 2.45) is 0 Å². The van der Waals surface area contributed by atoms with Gasteiger partial charge in [-0.15, -0.1) is 11.3 Å². The van der Waals surface area contributed by atoms with Crippen LogP contribution in [0.15, 0.2) is 46.9 Å². The number of hydrogen-bond donors (Lipinski definition) is 1. The SMILES string of the molecule is COCc1c(C(=O)NC2(c3ccc(Br)cc3)CC2)sc2cccc(F)c12. The van der Waals surface area contributed by atoms with Crippen molar-refractivity contribution < 1.29 is 13.9 Å². The monoisotopic (exact) mass is 433 g/mol. The maximum atomic E-state index is 14.3. The minimum Gasteiger partial charge on any atom is -0.380 e. The molecule has 0 radical (unpaired) electrons. The number of carbonyl (C=O) groups excluding carboxylic acids is 1. The molecule has 1 fully saturated rings. The van der Waals surface area contributed by atoms with Crippen LogP contribution < -0.4 is 5.32 Å². The normalized spacial score (nSPS) is 15.2. The molecule has 6 heteroatoms. The maximum absolute atomic E-state index is 14.3. The fraction of sp³-hybridized carbons (Fsp3) is 0.250. The van der Waals surface area contributed by atoms with E-state index in [9.17, 15) is 9.18 Å². The fourth-order valence-electron chi connectivity index (χ4n) is 3.29. The molecule has 0 spiro atoms. The van der Waals surface area contributed by atoms with E-state index in [1.807, 2.05) is 30.3 Å². The first-order valence-corrected chi connectivity index (χ1v) is 9.92. The van der Waals surface area contributed by atoms with E-state index in [1.54, 1.807) is 13.2 Å². The standard InChI is InChI=1S/C20H17BrFNO2S/c1-25-11-14-17-15(22)3-2-4-16(17)26-18(14)19(24)23-20(9-10-20)12-5-7-13(21)8-6-12/h2-8H,9-11H2,1H3,(H,23,24). The molecule has 0 atom stereocenters. The number of methoxy groups -OCH3 is 1. The second kappa shape index (κ2) is 6.76. The highest BCUT2D eigenvalue weighted by atomic mass is 79.9. The van der Waals surface area contributed by atoms with Crippen LogP contribution in [0, 0.1) is 5.82 Å². The van der Waals surface area contributed by atoms with Gasteiger partial charge < -0.3 is 10.1 Å². The molecule has 1 heterocycles. The Labute approximate surface area is 163 Å². The summed E-state index contributed by atoms with van der Waals surface area (Å²) in [6.07, 6.45) is 1.80. The van der Waals surface area contributed by atoms with Crippen LogP contribution in [0.3, 0.4) is 0 Å². The largest absolute Gasteiger partial charge is 0.380 e. The van der Waals surface area contributed by atoms with E-state index in [0.29, 0.717) is 15.8 Å². The highest BCUT2D eigenvalue weighted by molar-refractivity contribution is 9.10. The third-order valence-corrected chi connectivity index (χ3v) is 6.48. The lowest BCUT2D eigenvalue weighted by molar-refractivity contribution is 0.0930. The Kier molecular flexibility index (Phi) is 4.59. The molecule has 134 valence electrons. The van der Waals surface area contributed by atoms with E-state index < -0.39 is 0 Å². The summed E-state index contributed by atoms with van der Waals surface area (Å²) in [6, 6.07) is 12.9. The lowest BCUT2D eigenvalue weighted by atomic mass is 10.0. The van der Waals surface area contributed by atoms with Crippen molar-refractivity contribution in [1.29, 1.82) is 0 Å². The molecule has 1 amide bonds. The van der Waals surface area contributed by atoms with Crippen LogP contribution in [-0.2, 0) is 16.9 Å². The predicted octanol–water partition coefficient (Wildman–Crippen LogP) is 5.37. The molecule has 1 saturated carbocycles. The Morgan fingerprint density at radius 1 is 1.27 bits per heavy atom. The summed E-state index contributed by atoms with van der Waals surface area (Å²) in [7, 11) is 1.55. The molecule has 0 bridgehead atoms. The minimum absolute atomic E-state index is 0.168. The Morgan fingerprint density at radius 3 is 2.65 bits per heavy atom. The zero-order chi connectivity index (χ0) is 18.3. The van der Waals surface area contributed by atoms with Crippen molar-refractivity contribution in [2.75, 3.05) is 7.11 Å². The number of thiophene rings is 1. The van der Waals surface area contributed by atoms with Gasteiger partial charge in [-0.2, -0.15) is 0 Å². The summed E-state index contributed by atoms with van der Waals surface area (Å²) in [6.45, 7) is 0.203. The van der Waals surface area contributed by atoms with Crippen molar-refractivity contribution in [3.05, 3.63) is 68.8 Å². The number of carbonyl (C=O) groups is 1. The van der Waals surface area contributed by atoms with Gasteiger partial charge in [0.2, 0.25) is 0 Å². The van der Waals surface area contributed by atoms with Crippen LogP contribution in [-0.4, -0.2) is 13.0 Å². The van der Waals surface area contributed by atoms with Crippen molar-refractivity contribution in [2.45, 2.75) is 25.0 Å². The van der Waals surface area contributed by atoms with Gasteiger partial charge in [0.05, 0.1) is 17.0 Å². The molecule has 26 heavy (non-hydrogen) atoms. The number of hydrogen-bond acceptors (Lipinski definition) is 3. The lowest BCUT2D eigenvalue weighted by Crippen LogP contribution is -2.34. The van der Waals surface area contributed by atoms with Gasteiger partial charge in [0.1, 0.15) is 5.82 Å². The van der Waals surface area contributed by atoms with Crippen molar-refractivity contribution in [1.82, 2.24) is 5.32 Å². The van der Waals surface area contributed by atoms with Crippen molar-refractivity contribution in [3.8, 4) is 0 Å². The molecule has 0 unspecified atom stereocenters.